The third kappa shape index (κ3) is 2.36. The molecule has 0 amide bonds. The van der Waals surface area contributed by atoms with Crippen LogP contribution in [0.2, 0.25) is 0 Å². The van der Waals surface area contributed by atoms with Gasteiger partial charge in [-0.05, 0) is 36.2 Å². The molecule has 0 atom stereocenters. The molecule has 19 heavy (non-hydrogen) atoms. The van der Waals surface area contributed by atoms with E-state index in [1.165, 1.54) is 5.56 Å². The Kier molecular flexibility index (Phi) is 3.02. The zero-order valence-electron chi connectivity index (χ0n) is 10.5. The number of rotatable bonds is 3. The fraction of sp³-hybridized carbons (Fsp3) is 0.0625. The lowest BCUT2D eigenvalue weighted by Crippen LogP contribution is -1.91. The minimum absolute atomic E-state index is 0.706. The molecule has 0 radical (unpaired) electrons. The van der Waals surface area contributed by atoms with E-state index in [0.717, 1.165) is 22.9 Å². The molecule has 0 bridgehead atoms. The fourth-order valence-corrected chi connectivity index (χ4v) is 2.01. The number of hydrogen-bond donors (Lipinski definition) is 0. The molecule has 2 aromatic heterocycles. The van der Waals surface area contributed by atoms with Gasteiger partial charge in [-0.2, -0.15) is 0 Å². The number of allylic oxidation sites excluding steroid dienone is 1. The molecular weight excluding hydrogens is 234 g/mol. The summed E-state index contributed by atoms with van der Waals surface area (Å²) in [5, 5.41) is 1.05. The van der Waals surface area contributed by atoms with E-state index in [-0.39, 0.29) is 0 Å². The Morgan fingerprint density at radius 2 is 2.11 bits per heavy atom. The molecule has 0 aliphatic heterocycles. The van der Waals surface area contributed by atoms with Crippen molar-refractivity contribution in [3.05, 3.63) is 67.1 Å². The van der Waals surface area contributed by atoms with Gasteiger partial charge in [-0.15, -0.1) is 6.58 Å². The number of benzene rings is 1. The Hall–Kier alpha value is -2.55. The van der Waals surface area contributed by atoms with Crippen molar-refractivity contribution in [3.8, 4) is 11.4 Å². The first-order valence-corrected chi connectivity index (χ1v) is 6.14. The van der Waals surface area contributed by atoms with Crippen LogP contribution in [0, 0.1) is 0 Å². The van der Waals surface area contributed by atoms with Crippen LogP contribution in [-0.2, 0) is 6.42 Å². The van der Waals surface area contributed by atoms with Gasteiger partial charge in [-0.25, -0.2) is 9.97 Å². The first kappa shape index (κ1) is 11.5. The smallest absolute Gasteiger partial charge is 0.161 e. The predicted molar refractivity (Wildman–Crippen MR) is 76.7 cm³/mol. The van der Waals surface area contributed by atoms with Gasteiger partial charge in [-0.3, -0.25) is 4.98 Å². The second-order valence-corrected chi connectivity index (χ2v) is 4.32. The molecule has 0 aliphatic carbocycles. The Bertz CT molecular complexity index is 720. The molecule has 0 unspecified atom stereocenters. The Balaban J connectivity index is 2.07. The Labute approximate surface area is 111 Å². The van der Waals surface area contributed by atoms with E-state index in [2.05, 4.69) is 33.7 Å². The monoisotopic (exact) mass is 247 g/mol. The van der Waals surface area contributed by atoms with E-state index in [0.29, 0.717) is 5.82 Å². The summed E-state index contributed by atoms with van der Waals surface area (Å²) in [6.07, 6.45) is 8.13. The van der Waals surface area contributed by atoms with Crippen LogP contribution >= 0.6 is 0 Å². The molecular formula is C16H13N3. The largest absolute Gasteiger partial charge is 0.264 e. The number of hydrogen-bond acceptors (Lipinski definition) is 3. The maximum absolute atomic E-state index is 4.57. The van der Waals surface area contributed by atoms with Crippen LogP contribution in [0.15, 0.2) is 61.6 Å². The lowest BCUT2D eigenvalue weighted by molar-refractivity contribution is 1.20. The average molecular weight is 247 g/mol. The van der Waals surface area contributed by atoms with Crippen molar-refractivity contribution in [2.75, 3.05) is 0 Å². The first-order valence-electron chi connectivity index (χ1n) is 6.14. The molecule has 92 valence electrons. The summed E-state index contributed by atoms with van der Waals surface area (Å²) < 4.78 is 0. The van der Waals surface area contributed by atoms with Crippen molar-refractivity contribution in [1.82, 2.24) is 15.0 Å². The maximum Gasteiger partial charge on any atom is 0.161 e. The predicted octanol–water partition coefficient (Wildman–Crippen LogP) is 3.42. The standard InChI is InChI=1S/C16H13N3/c1-2-4-12-6-7-15-14(9-12)11-18-16(19-15)13-5-3-8-17-10-13/h2-3,5-11H,1,4H2. The van der Waals surface area contributed by atoms with Crippen molar-refractivity contribution in [2.45, 2.75) is 6.42 Å². The number of aromatic nitrogens is 3. The van der Waals surface area contributed by atoms with E-state index in [1.54, 1.807) is 12.4 Å². The van der Waals surface area contributed by atoms with Gasteiger partial charge in [-0.1, -0.05) is 12.1 Å². The molecule has 3 rings (SSSR count). The van der Waals surface area contributed by atoms with E-state index < -0.39 is 0 Å². The Morgan fingerprint density at radius 1 is 1.16 bits per heavy atom. The van der Waals surface area contributed by atoms with Gasteiger partial charge >= 0.3 is 0 Å². The minimum atomic E-state index is 0.706. The molecule has 1 aromatic carbocycles. The fourth-order valence-electron chi connectivity index (χ4n) is 2.01. The highest BCUT2D eigenvalue weighted by molar-refractivity contribution is 5.80. The summed E-state index contributed by atoms with van der Waals surface area (Å²) in [6, 6.07) is 10.0. The van der Waals surface area contributed by atoms with Crippen LogP contribution in [0.25, 0.3) is 22.3 Å². The van der Waals surface area contributed by atoms with E-state index >= 15 is 0 Å². The molecule has 0 spiro atoms. The zero-order valence-corrected chi connectivity index (χ0v) is 10.5. The molecule has 0 saturated heterocycles. The van der Waals surface area contributed by atoms with Crippen LogP contribution in [0.1, 0.15) is 5.56 Å². The third-order valence-corrected chi connectivity index (χ3v) is 2.94. The van der Waals surface area contributed by atoms with Gasteiger partial charge in [0.1, 0.15) is 0 Å². The van der Waals surface area contributed by atoms with Crippen molar-refractivity contribution >= 4 is 10.9 Å². The zero-order chi connectivity index (χ0) is 13.1. The van der Waals surface area contributed by atoms with Gasteiger partial charge in [0.2, 0.25) is 0 Å². The molecule has 3 aromatic rings. The Morgan fingerprint density at radius 3 is 2.89 bits per heavy atom. The number of pyridine rings is 1. The van der Waals surface area contributed by atoms with Crippen molar-refractivity contribution < 1.29 is 0 Å². The third-order valence-electron chi connectivity index (χ3n) is 2.94. The van der Waals surface area contributed by atoms with Crippen molar-refractivity contribution in [1.29, 1.82) is 0 Å². The van der Waals surface area contributed by atoms with Gasteiger partial charge in [0.15, 0.2) is 5.82 Å². The molecule has 3 heteroatoms. The summed E-state index contributed by atoms with van der Waals surface area (Å²) in [6.45, 7) is 3.75. The van der Waals surface area contributed by atoms with Gasteiger partial charge in [0.25, 0.3) is 0 Å². The molecule has 3 nitrogen and oxygen atoms in total. The number of nitrogens with zero attached hydrogens (tertiary/aromatic N) is 3. The molecule has 0 fully saturated rings. The van der Waals surface area contributed by atoms with E-state index in [4.69, 9.17) is 0 Å². The first-order chi connectivity index (χ1) is 9.36. The van der Waals surface area contributed by atoms with Crippen LogP contribution in [0.5, 0.6) is 0 Å². The molecule has 0 saturated carbocycles. The maximum atomic E-state index is 4.57. The van der Waals surface area contributed by atoms with Crippen molar-refractivity contribution in [3.63, 3.8) is 0 Å². The van der Waals surface area contributed by atoms with E-state index in [1.807, 2.05) is 30.5 Å². The van der Waals surface area contributed by atoms with Crippen LogP contribution in [0.3, 0.4) is 0 Å². The summed E-state index contributed by atoms with van der Waals surface area (Å²) >= 11 is 0. The van der Waals surface area contributed by atoms with Gasteiger partial charge in [0.05, 0.1) is 5.52 Å². The van der Waals surface area contributed by atoms with Crippen molar-refractivity contribution in [2.24, 2.45) is 0 Å². The quantitative estimate of drug-likeness (QED) is 0.666. The number of fused-ring (bicyclic) bond motifs is 1. The van der Waals surface area contributed by atoms with Gasteiger partial charge in [0, 0.05) is 29.5 Å². The van der Waals surface area contributed by atoms with Gasteiger partial charge < -0.3 is 0 Å². The second-order valence-electron chi connectivity index (χ2n) is 4.32. The lowest BCUT2D eigenvalue weighted by Gasteiger charge is -2.03. The highest BCUT2D eigenvalue weighted by atomic mass is 14.9. The minimum Gasteiger partial charge on any atom is -0.264 e. The summed E-state index contributed by atoms with van der Waals surface area (Å²) in [5.74, 6) is 0.706. The summed E-state index contributed by atoms with van der Waals surface area (Å²) in [5.41, 5.74) is 3.10. The molecule has 0 N–H and O–H groups in total. The topological polar surface area (TPSA) is 38.7 Å². The summed E-state index contributed by atoms with van der Waals surface area (Å²) in [4.78, 5) is 13.1. The van der Waals surface area contributed by atoms with Crippen LogP contribution in [-0.4, -0.2) is 15.0 Å². The average Bonchev–Trinajstić information content (AvgIpc) is 2.48. The normalized spacial score (nSPS) is 10.5. The lowest BCUT2D eigenvalue weighted by atomic mass is 10.1. The van der Waals surface area contributed by atoms with Crippen LogP contribution < -0.4 is 0 Å². The second kappa shape index (κ2) is 4.98. The molecule has 0 aliphatic rings. The highest BCUT2D eigenvalue weighted by Gasteiger charge is 2.03. The summed E-state index contributed by atoms with van der Waals surface area (Å²) in [7, 11) is 0. The van der Waals surface area contributed by atoms with Crippen LogP contribution in [0.4, 0.5) is 0 Å². The SMILES string of the molecule is C=CCc1ccc2nc(-c3cccnc3)ncc2c1. The van der Waals surface area contributed by atoms with E-state index in [9.17, 15) is 0 Å². The highest BCUT2D eigenvalue weighted by Crippen LogP contribution is 2.18. The molecule has 2 heterocycles.